The Morgan fingerprint density at radius 3 is 1.95 bits per heavy atom. The van der Waals surface area contributed by atoms with Crippen molar-refractivity contribution in [2.45, 2.75) is 48.2 Å². The lowest BCUT2D eigenvalue weighted by atomic mass is 10.0. The maximum Gasteiger partial charge on any atom is 0.203 e. The highest BCUT2D eigenvalue weighted by Gasteiger charge is 2.32. The van der Waals surface area contributed by atoms with Gasteiger partial charge in [0.1, 0.15) is 4.90 Å². The molecule has 0 radical (unpaired) electrons. The van der Waals surface area contributed by atoms with E-state index in [4.69, 9.17) is 28.4 Å². The highest BCUT2D eigenvalue weighted by molar-refractivity contribution is 7.99. The lowest BCUT2D eigenvalue weighted by Gasteiger charge is -2.21. The Morgan fingerprint density at radius 1 is 0.854 bits per heavy atom. The molecule has 3 aromatic rings. The summed E-state index contributed by atoms with van der Waals surface area (Å²) in [5.74, 6) is 2.84. The summed E-state index contributed by atoms with van der Waals surface area (Å²) in [6.07, 6.45) is 4.80. The van der Waals surface area contributed by atoms with Crippen LogP contribution in [0.3, 0.4) is 0 Å². The van der Waals surface area contributed by atoms with Crippen LogP contribution in [0.5, 0.6) is 28.7 Å². The van der Waals surface area contributed by atoms with Crippen LogP contribution in [0.25, 0.3) is 0 Å². The van der Waals surface area contributed by atoms with Gasteiger partial charge in [-0.3, -0.25) is 4.98 Å². The Morgan fingerprint density at radius 2 is 1.41 bits per heavy atom. The second kappa shape index (κ2) is 14.2. The number of sulfone groups is 1. The van der Waals surface area contributed by atoms with E-state index < -0.39 is 9.84 Å². The zero-order valence-electron chi connectivity index (χ0n) is 24.0. The van der Waals surface area contributed by atoms with Gasteiger partial charge in [0, 0.05) is 23.0 Å². The van der Waals surface area contributed by atoms with E-state index in [1.807, 2.05) is 37.3 Å². The number of rotatable bonds is 14. The summed E-state index contributed by atoms with van der Waals surface area (Å²) in [5, 5.41) is 0. The normalized spacial score (nSPS) is 16.8. The summed E-state index contributed by atoms with van der Waals surface area (Å²) >= 11 is 1.60. The molecule has 222 valence electrons. The van der Waals surface area contributed by atoms with E-state index in [1.54, 1.807) is 51.6 Å². The third-order valence-corrected chi connectivity index (χ3v) is 9.66. The highest BCUT2D eigenvalue weighted by atomic mass is 32.2. The number of methoxy groups -OCH3 is 4. The predicted molar refractivity (Wildman–Crippen MR) is 158 cm³/mol. The fourth-order valence-electron chi connectivity index (χ4n) is 4.84. The molecule has 2 aromatic carbocycles. The van der Waals surface area contributed by atoms with Crippen molar-refractivity contribution in [2.24, 2.45) is 0 Å². The van der Waals surface area contributed by atoms with Crippen molar-refractivity contribution in [1.82, 2.24) is 4.98 Å². The lowest BCUT2D eigenvalue weighted by molar-refractivity contribution is 0.0435. The standard InChI is InChI=1S/C30H37NO8S2/c1-6-15-41(32,33)28-19-21(18-27(36-4)30(28)38-13-14-40-22-9-11-31-12-10-22)24-8-7-23(39-24)20-16-25(34-2)29(37-5)26(17-20)35-3/h9-12,16-19,23-24H,6-8,13-15H2,1-5H3/t23-,24?/m0/s1. The van der Waals surface area contributed by atoms with Crippen LogP contribution >= 0.6 is 11.8 Å². The van der Waals surface area contributed by atoms with Gasteiger partial charge in [-0.25, -0.2) is 8.42 Å². The number of nitrogens with zero attached hydrogens (tertiary/aromatic N) is 1. The smallest absolute Gasteiger partial charge is 0.203 e. The third kappa shape index (κ3) is 7.20. The van der Waals surface area contributed by atoms with Crippen LogP contribution < -0.4 is 23.7 Å². The van der Waals surface area contributed by atoms with Gasteiger partial charge in [-0.05, 0) is 66.8 Å². The van der Waals surface area contributed by atoms with Gasteiger partial charge in [-0.2, -0.15) is 0 Å². The first kappa shape index (κ1) is 30.8. The van der Waals surface area contributed by atoms with Crippen molar-refractivity contribution >= 4 is 21.6 Å². The molecule has 0 spiro atoms. The van der Waals surface area contributed by atoms with Crippen LogP contribution in [0.4, 0.5) is 0 Å². The van der Waals surface area contributed by atoms with Gasteiger partial charge in [-0.15, -0.1) is 11.8 Å². The maximum atomic E-state index is 13.4. The van der Waals surface area contributed by atoms with Gasteiger partial charge in [0.15, 0.2) is 32.8 Å². The molecule has 1 saturated heterocycles. The van der Waals surface area contributed by atoms with Gasteiger partial charge >= 0.3 is 0 Å². The van der Waals surface area contributed by atoms with Crippen molar-refractivity contribution in [3.63, 3.8) is 0 Å². The van der Waals surface area contributed by atoms with E-state index in [2.05, 4.69) is 4.98 Å². The molecule has 1 aliphatic heterocycles. The Hall–Kier alpha value is -3.15. The molecular formula is C30H37NO8S2. The molecule has 11 heteroatoms. The Kier molecular flexibility index (Phi) is 10.6. The van der Waals surface area contributed by atoms with Crippen molar-refractivity contribution < 1.29 is 36.8 Å². The number of ether oxygens (including phenoxy) is 6. The van der Waals surface area contributed by atoms with Crippen LogP contribution in [0, 0.1) is 0 Å². The minimum Gasteiger partial charge on any atom is -0.493 e. The third-order valence-electron chi connectivity index (χ3n) is 6.77. The Balaban J connectivity index is 1.60. The van der Waals surface area contributed by atoms with Crippen molar-refractivity contribution in [1.29, 1.82) is 0 Å². The molecule has 0 aliphatic carbocycles. The van der Waals surface area contributed by atoms with E-state index >= 15 is 0 Å². The topological polar surface area (TPSA) is 102 Å². The number of aromatic nitrogens is 1. The first-order chi connectivity index (χ1) is 19.8. The van der Waals surface area contributed by atoms with E-state index in [0.717, 1.165) is 22.4 Å². The van der Waals surface area contributed by atoms with Crippen molar-refractivity contribution in [3.8, 4) is 28.7 Å². The Labute approximate surface area is 246 Å². The molecule has 0 saturated carbocycles. The van der Waals surface area contributed by atoms with E-state index in [9.17, 15) is 8.42 Å². The summed E-state index contributed by atoms with van der Waals surface area (Å²) in [6.45, 7) is 2.15. The van der Waals surface area contributed by atoms with E-state index in [-0.39, 0.29) is 28.6 Å². The van der Waals surface area contributed by atoms with Gasteiger partial charge in [-0.1, -0.05) is 6.92 Å². The molecule has 1 unspecified atom stereocenters. The number of hydrogen-bond acceptors (Lipinski definition) is 10. The number of benzene rings is 2. The minimum absolute atomic E-state index is 0.00131. The minimum atomic E-state index is -3.63. The molecule has 1 aromatic heterocycles. The molecule has 0 bridgehead atoms. The van der Waals surface area contributed by atoms with E-state index in [0.29, 0.717) is 48.2 Å². The van der Waals surface area contributed by atoms with Gasteiger partial charge in [0.25, 0.3) is 0 Å². The number of thioether (sulfide) groups is 1. The second-order valence-electron chi connectivity index (χ2n) is 9.40. The maximum absolute atomic E-state index is 13.4. The van der Waals surface area contributed by atoms with Crippen LogP contribution in [0.1, 0.15) is 49.5 Å². The average molecular weight is 604 g/mol. The summed E-state index contributed by atoms with van der Waals surface area (Å²) in [7, 11) is 2.60. The van der Waals surface area contributed by atoms with Crippen molar-refractivity contribution in [2.75, 3.05) is 46.6 Å². The molecule has 4 rings (SSSR count). The van der Waals surface area contributed by atoms with Gasteiger partial charge in [0.05, 0.1) is 53.0 Å². The number of pyridine rings is 1. The van der Waals surface area contributed by atoms with Crippen LogP contribution in [0.2, 0.25) is 0 Å². The largest absolute Gasteiger partial charge is 0.493 e. The quantitative estimate of drug-likeness (QED) is 0.159. The van der Waals surface area contributed by atoms with Gasteiger partial charge < -0.3 is 28.4 Å². The van der Waals surface area contributed by atoms with Crippen LogP contribution in [0.15, 0.2) is 58.6 Å². The molecule has 41 heavy (non-hydrogen) atoms. The molecule has 2 heterocycles. The molecule has 2 atom stereocenters. The lowest BCUT2D eigenvalue weighted by Crippen LogP contribution is -2.12. The Bertz CT molecular complexity index is 1390. The van der Waals surface area contributed by atoms with Crippen LogP contribution in [-0.2, 0) is 14.6 Å². The molecule has 0 amide bonds. The monoisotopic (exact) mass is 603 g/mol. The molecule has 1 fully saturated rings. The summed E-state index contributed by atoms with van der Waals surface area (Å²) in [4.78, 5) is 5.22. The first-order valence-corrected chi connectivity index (χ1v) is 16.0. The fraction of sp³-hybridized carbons (Fsp3) is 0.433. The zero-order chi connectivity index (χ0) is 29.4. The average Bonchev–Trinajstić information content (AvgIpc) is 3.49. The predicted octanol–water partition coefficient (Wildman–Crippen LogP) is 6.06. The molecule has 9 nitrogen and oxygen atoms in total. The fourth-order valence-corrected chi connectivity index (χ4v) is 7.07. The number of hydrogen-bond donors (Lipinski definition) is 0. The molecule has 1 aliphatic rings. The summed E-state index contributed by atoms with van der Waals surface area (Å²) in [5.41, 5.74) is 1.62. The SMILES string of the molecule is CCCS(=O)(=O)c1cc(C2CC[C@@H](c3cc(OC)c(OC)c(OC)c3)O2)cc(OC)c1OCCSc1ccncc1. The molecule has 0 N–H and O–H groups in total. The summed E-state index contributed by atoms with van der Waals surface area (Å²) < 4.78 is 61.5. The zero-order valence-corrected chi connectivity index (χ0v) is 25.7. The van der Waals surface area contributed by atoms with Crippen LogP contribution in [-0.4, -0.2) is 60.0 Å². The molecular weight excluding hydrogens is 566 g/mol. The second-order valence-corrected chi connectivity index (χ2v) is 12.6. The first-order valence-electron chi connectivity index (χ1n) is 13.4. The van der Waals surface area contributed by atoms with Gasteiger partial charge in [0.2, 0.25) is 5.75 Å². The van der Waals surface area contributed by atoms with E-state index in [1.165, 1.54) is 7.11 Å². The summed E-state index contributed by atoms with van der Waals surface area (Å²) in [6, 6.07) is 11.1. The highest BCUT2D eigenvalue weighted by Crippen LogP contribution is 2.48. The van der Waals surface area contributed by atoms with Crippen molar-refractivity contribution in [3.05, 3.63) is 59.9 Å².